The number of aryl methyl sites for hydroxylation is 4. The van der Waals surface area contributed by atoms with Gasteiger partial charge in [0.25, 0.3) is 0 Å². The van der Waals surface area contributed by atoms with Crippen LogP contribution in [0, 0.1) is 17.5 Å². The van der Waals surface area contributed by atoms with Gasteiger partial charge in [-0.25, -0.2) is 13.2 Å². The standard InChI is InChI=1S/C31H29F3/c1-3-5-22-7-12-24(13-8-22)27-18-19-28(31(34)30(27)33)25-14-9-23(10-15-25)11-17-26-16-6-21(4-2)20-29(26)32/h6-10,12-16,18-20H,3-5,11,17H2,1-2H3. The van der Waals surface area contributed by atoms with Crippen LogP contribution in [0.25, 0.3) is 22.3 Å². The second-order valence-corrected chi connectivity index (χ2v) is 8.71. The summed E-state index contributed by atoms with van der Waals surface area (Å²) >= 11 is 0. The van der Waals surface area contributed by atoms with Crippen LogP contribution >= 0.6 is 0 Å². The molecule has 0 atom stereocenters. The van der Waals surface area contributed by atoms with Crippen LogP contribution in [0.2, 0.25) is 0 Å². The molecule has 0 heterocycles. The molecule has 0 saturated carbocycles. The molecular formula is C31H29F3. The Balaban J connectivity index is 1.49. The van der Waals surface area contributed by atoms with Crippen LogP contribution in [0.3, 0.4) is 0 Å². The Morgan fingerprint density at radius 2 is 1.03 bits per heavy atom. The molecule has 0 saturated heterocycles. The Morgan fingerprint density at radius 1 is 0.529 bits per heavy atom. The molecule has 0 aliphatic rings. The van der Waals surface area contributed by atoms with Gasteiger partial charge in [-0.1, -0.05) is 93.1 Å². The number of hydrogen-bond acceptors (Lipinski definition) is 0. The Labute approximate surface area is 200 Å². The van der Waals surface area contributed by atoms with Gasteiger partial charge in [0.1, 0.15) is 5.82 Å². The zero-order valence-electron chi connectivity index (χ0n) is 19.7. The smallest absolute Gasteiger partial charge is 0.167 e. The van der Waals surface area contributed by atoms with E-state index in [0.717, 1.165) is 30.4 Å². The monoisotopic (exact) mass is 458 g/mol. The molecule has 4 rings (SSSR count). The minimum absolute atomic E-state index is 0.173. The molecule has 4 aromatic carbocycles. The van der Waals surface area contributed by atoms with E-state index >= 15 is 0 Å². The predicted molar refractivity (Wildman–Crippen MR) is 134 cm³/mol. The normalized spacial score (nSPS) is 11.1. The van der Waals surface area contributed by atoms with Crippen molar-refractivity contribution < 1.29 is 13.2 Å². The molecule has 0 N–H and O–H groups in total. The summed E-state index contributed by atoms with van der Waals surface area (Å²) < 4.78 is 44.2. The topological polar surface area (TPSA) is 0 Å². The van der Waals surface area contributed by atoms with Crippen LogP contribution in [-0.4, -0.2) is 0 Å². The van der Waals surface area contributed by atoms with Crippen LogP contribution in [0.5, 0.6) is 0 Å². The van der Waals surface area contributed by atoms with E-state index in [1.165, 1.54) is 5.56 Å². The molecule has 0 amide bonds. The summed E-state index contributed by atoms with van der Waals surface area (Å²) in [6, 6.07) is 23.7. The van der Waals surface area contributed by atoms with Gasteiger partial charge in [-0.15, -0.1) is 0 Å². The maximum Gasteiger partial charge on any atom is 0.167 e. The number of hydrogen-bond donors (Lipinski definition) is 0. The number of rotatable bonds is 8. The molecule has 0 nitrogen and oxygen atoms in total. The van der Waals surface area contributed by atoms with Crippen molar-refractivity contribution in [3.8, 4) is 22.3 Å². The van der Waals surface area contributed by atoms with Crippen molar-refractivity contribution in [2.24, 2.45) is 0 Å². The molecule has 34 heavy (non-hydrogen) atoms. The molecule has 0 fully saturated rings. The van der Waals surface area contributed by atoms with Crippen molar-refractivity contribution in [1.82, 2.24) is 0 Å². The van der Waals surface area contributed by atoms with E-state index in [1.54, 1.807) is 30.3 Å². The highest BCUT2D eigenvalue weighted by Crippen LogP contribution is 2.32. The van der Waals surface area contributed by atoms with E-state index in [0.29, 0.717) is 29.5 Å². The molecular weight excluding hydrogens is 429 g/mol. The summed E-state index contributed by atoms with van der Waals surface area (Å²) in [7, 11) is 0. The molecule has 0 unspecified atom stereocenters. The highest BCUT2D eigenvalue weighted by molar-refractivity contribution is 5.72. The molecule has 0 spiro atoms. The van der Waals surface area contributed by atoms with Gasteiger partial charge in [-0.2, -0.15) is 0 Å². The van der Waals surface area contributed by atoms with Crippen molar-refractivity contribution in [2.75, 3.05) is 0 Å². The Kier molecular flexibility index (Phi) is 7.52. The number of benzene rings is 4. The fourth-order valence-electron chi connectivity index (χ4n) is 4.28. The van der Waals surface area contributed by atoms with E-state index in [2.05, 4.69) is 6.92 Å². The first-order valence-corrected chi connectivity index (χ1v) is 11.9. The third-order valence-electron chi connectivity index (χ3n) is 6.36. The summed E-state index contributed by atoms with van der Waals surface area (Å²) in [4.78, 5) is 0. The second-order valence-electron chi connectivity index (χ2n) is 8.71. The molecule has 0 aliphatic carbocycles. The highest BCUT2D eigenvalue weighted by atomic mass is 19.2. The first-order chi connectivity index (χ1) is 16.5. The molecule has 0 radical (unpaired) electrons. The lowest BCUT2D eigenvalue weighted by molar-refractivity contribution is 0.514. The summed E-state index contributed by atoms with van der Waals surface area (Å²) in [5.74, 6) is -1.86. The molecule has 174 valence electrons. The summed E-state index contributed by atoms with van der Waals surface area (Å²) in [5.41, 5.74) is 5.65. The van der Waals surface area contributed by atoms with E-state index < -0.39 is 11.6 Å². The van der Waals surface area contributed by atoms with Crippen LogP contribution in [-0.2, 0) is 25.7 Å². The molecule has 3 heteroatoms. The van der Waals surface area contributed by atoms with E-state index in [4.69, 9.17) is 0 Å². The maximum absolute atomic E-state index is 15.0. The Morgan fingerprint density at radius 3 is 1.50 bits per heavy atom. The van der Waals surface area contributed by atoms with Crippen molar-refractivity contribution in [3.63, 3.8) is 0 Å². The average Bonchev–Trinajstić information content (AvgIpc) is 2.86. The summed E-state index contributed by atoms with van der Waals surface area (Å²) in [6.07, 6.45) is 4.07. The summed E-state index contributed by atoms with van der Waals surface area (Å²) in [5, 5.41) is 0. The third-order valence-corrected chi connectivity index (χ3v) is 6.36. The van der Waals surface area contributed by atoms with Gasteiger partial charge in [0.05, 0.1) is 0 Å². The second kappa shape index (κ2) is 10.7. The van der Waals surface area contributed by atoms with Gasteiger partial charge in [0, 0.05) is 11.1 Å². The first-order valence-electron chi connectivity index (χ1n) is 11.9. The quantitative estimate of drug-likeness (QED) is 0.248. The lowest BCUT2D eigenvalue weighted by atomic mass is 9.96. The summed E-state index contributed by atoms with van der Waals surface area (Å²) in [6.45, 7) is 4.11. The SMILES string of the molecule is CCCc1ccc(-c2ccc(-c3ccc(CCc4ccc(CC)cc4F)cc3)c(F)c2F)cc1. The van der Waals surface area contributed by atoms with Gasteiger partial charge >= 0.3 is 0 Å². The molecule has 0 aromatic heterocycles. The van der Waals surface area contributed by atoms with Crippen LogP contribution < -0.4 is 0 Å². The maximum atomic E-state index is 15.0. The number of halogens is 3. The average molecular weight is 459 g/mol. The van der Waals surface area contributed by atoms with Gasteiger partial charge in [-0.3, -0.25) is 0 Å². The van der Waals surface area contributed by atoms with Gasteiger partial charge in [0.15, 0.2) is 11.6 Å². The predicted octanol–water partition coefficient (Wildman–Crippen LogP) is 8.74. The minimum atomic E-state index is -0.846. The van der Waals surface area contributed by atoms with Gasteiger partial charge in [-0.05, 0) is 65.1 Å². The molecule has 4 aromatic rings. The minimum Gasteiger partial charge on any atom is -0.207 e. The molecule has 0 aliphatic heterocycles. The fraction of sp³-hybridized carbons (Fsp3) is 0.226. The zero-order chi connectivity index (χ0) is 24.1. The van der Waals surface area contributed by atoms with Crippen LogP contribution in [0.4, 0.5) is 13.2 Å². The van der Waals surface area contributed by atoms with Crippen molar-refractivity contribution in [3.05, 3.63) is 119 Å². The Hall–Kier alpha value is -3.33. The zero-order valence-corrected chi connectivity index (χ0v) is 19.7. The molecule has 0 bridgehead atoms. The van der Waals surface area contributed by atoms with Crippen LogP contribution in [0.1, 0.15) is 42.5 Å². The Bertz CT molecular complexity index is 1260. The van der Waals surface area contributed by atoms with Crippen LogP contribution in [0.15, 0.2) is 78.9 Å². The van der Waals surface area contributed by atoms with E-state index in [1.807, 2.05) is 55.5 Å². The first kappa shape index (κ1) is 23.8. The lowest BCUT2D eigenvalue weighted by Gasteiger charge is -2.11. The van der Waals surface area contributed by atoms with Crippen molar-refractivity contribution in [2.45, 2.75) is 46.0 Å². The fourth-order valence-corrected chi connectivity index (χ4v) is 4.28. The van der Waals surface area contributed by atoms with Crippen molar-refractivity contribution >= 4 is 0 Å². The lowest BCUT2D eigenvalue weighted by Crippen LogP contribution is -1.97. The highest BCUT2D eigenvalue weighted by Gasteiger charge is 2.16. The largest absolute Gasteiger partial charge is 0.207 e. The third kappa shape index (κ3) is 5.25. The van der Waals surface area contributed by atoms with Gasteiger partial charge < -0.3 is 0 Å². The van der Waals surface area contributed by atoms with E-state index in [-0.39, 0.29) is 16.9 Å². The van der Waals surface area contributed by atoms with E-state index in [9.17, 15) is 13.2 Å². The van der Waals surface area contributed by atoms with Crippen molar-refractivity contribution in [1.29, 1.82) is 0 Å². The van der Waals surface area contributed by atoms with Gasteiger partial charge in [0.2, 0.25) is 0 Å².